The lowest BCUT2D eigenvalue weighted by Gasteiger charge is -2.52. The maximum absolute atomic E-state index is 12.9. The first-order valence-corrected chi connectivity index (χ1v) is 12.5. The molecule has 0 radical (unpaired) electrons. The second-order valence-corrected chi connectivity index (χ2v) is 10.9. The molecule has 2 saturated heterocycles. The zero-order valence-electron chi connectivity index (χ0n) is 18.9. The van der Waals surface area contributed by atoms with E-state index in [1.165, 1.54) is 37.7 Å². The average Bonchev–Trinajstić information content (AvgIpc) is 3.07. The number of carbonyl (C=O) groups excluding carboxylic acids is 1. The molecule has 0 spiro atoms. The Labute approximate surface area is 181 Å². The Morgan fingerprint density at radius 3 is 2.60 bits per heavy atom. The third-order valence-electron chi connectivity index (χ3n) is 9.52. The van der Waals surface area contributed by atoms with Gasteiger partial charge in [-0.05, 0) is 31.6 Å². The molecule has 0 amide bonds. The fourth-order valence-electron chi connectivity index (χ4n) is 7.31. The minimum Gasteiger partial charge on any atom is -0.461 e. The highest BCUT2D eigenvalue weighted by atomic mass is 16.6. The zero-order chi connectivity index (χ0) is 20.9. The molecule has 3 aliphatic carbocycles. The van der Waals surface area contributed by atoms with Crippen LogP contribution < -0.4 is 0 Å². The minimum atomic E-state index is -0.488. The molecule has 0 bridgehead atoms. The topological polar surface area (TPSA) is 53.0 Å². The molecule has 5 heteroatoms. The number of rotatable bonds is 3. The van der Waals surface area contributed by atoms with E-state index >= 15 is 0 Å². The SMILES string of the molecule is C[C@@H]1CCC=C2C[C@H]3OC(=O)[C@@H](CN4CCN(C5CCCCC5)CC4)[C@H]3[C@@H](O)[C@@]21C. The van der Waals surface area contributed by atoms with Crippen molar-refractivity contribution in [3.05, 3.63) is 11.6 Å². The second kappa shape index (κ2) is 8.22. The summed E-state index contributed by atoms with van der Waals surface area (Å²) < 4.78 is 5.86. The standard InChI is InChI=1S/C25H40N2O3/c1-17-7-6-8-18-15-21-22(23(28)25(17,18)2)20(24(29)30-21)16-26-11-13-27(14-12-26)19-9-4-3-5-10-19/h8,17,19-23,28H,3-7,9-16H2,1-2H3/t17-,20+,21-,22-,23-,25-/m1/s1. The Morgan fingerprint density at radius 2 is 1.87 bits per heavy atom. The number of carbonyl (C=O) groups is 1. The molecule has 2 saturated carbocycles. The van der Waals surface area contributed by atoms with Crippen LogP contribution in [0.1, 0.15) is 65.2 Å². The lowest BCUT2D eigenvalue weighted by molar-refractivity contribution is -0.145. The van der Waals surface area contributed by atoms with Crippen molar-refractivity contribution in [2.75, 3.05) is 32.7 Å². The van der Waals surface area contributed by atoms with Crippen molar-refractivity contribution in [1.82, 2.24) is 9.80 Å². The van der Waals surface area contributed by atoms with E-state index in [1.807, 2.05) is 0 Å². The number of aliphatic hydroxyl groups is 1. The van der Waals surface area contributed by atoms with E-state index in [1.54, 1.807) is 0 Å². The Bertz CT molecular complexity index is 680. The normalized spacial score (nSPS) is 43.6. The van der Waals surface area contributed by atoms with E-state index in [9.17, 15) is 9.90 Å². The number of esters is 1. The number of aliphatic hydroxyl groups excluding tert-OH is 1. The molecule has 0 aromatic rings. The van der Waals surface area contributed by atoms with Gasteiger partial charge in [-0.25, -0.2) is 0 Å². The van der Waals surface area contributed by atoms with Gasteiger partial charge in [0.1, 0.15) is 6.10 Å². The van der Waals surface area contributed by atoms with Gasteiger partial charge < -0.3 is 9.84 Å². The lowest BCUT2D eigenvalue weighted by atomic mass is 9.55. The van der Waals surface area contributed by atoms with Crippen molar-refractivity contribution >= 4 is 5.97 Å². The van der Waals surface area contributed by atoms with E-state index < -0.39 is 6.10 Å². The molecule has 5 aliphatic rings. The summed E-state index contributed by atoms with van der Waals surface area (Å²) >= 11 is 0. The summed E-state index contributed by atoms with van der Waals surface area (Å²) in [6.45, 7) is 9.55. The second-order valence-electron chi connectivity index (χ2n) is 10.9. The summed E-state index contributed by atoms with van der Waals surface area (Å²) in [7, 11) is 0. The highest BCUT2D eigenvalue weighted by Crippen LogP contribution is 2.56. The van der Waals surface area contributed by atoms with Gasteiger partial charge in [-0.1, -0.05) is 44.8 Å². The van der Waals surface area contributed by atoms with Crippen LogP contribution in [-0.4, -0.2) is 71.8 Å². The molecule has 2 aliphatic heterocycles. The largest absolute Gasteiger partial charge is 0.461 e. The van der Waals surface area contributed by atoms with Gasteiger partial charge in [-0.2, -0.15) is 0 Å². The molecule has 1 N–H and O–H groups in total. The van der Waals surface area contributed by atoms with Gasteiger partial charge in [0, 0.05) is 56.5 Å². The van der Waals surface area contributed by atoms with Crippen LogP contribution in [0.2, 0.25) is 0 Å². The van der Waals surface area contributed by atoms with E-state index in [-0.39, 0.29) is 29.3 Å². The number of allylic oxidation sites excluding steroid dienone is 1. The van der Waals surface area contributed by atoms with Crippen molar-refractivity contribution in [3.63, 3.8) is 0 Å². The Kier molecular flexibility index (Phi) is 5.74. The van der Waals surface area contributed by atoms with Gasteiger partial charge in [0.15, 0.2) is 0 Å². The Morgan fingerprint density at radius 1 is 1.13 bits per heavy atom. The van der Waals surface area contributed by atoms with E-state index in [0.29, 0.717) is 5.92 Å². The van der Waals surface area contributed by atoms with E-state index in [2.05, 4.69) is 29.7 Å². The molecule has 2 heterocycles. The highest BCUT2D eigenvalue weighted by molar-refractivity contribution is 5.76. The summed E-state index contributed by atoms with van der Waals surface area (Å²) in [5.41, 5.74) is 1.12. The maximum Gasteiger partial charge on any atom is 0.311 e. The third-order valence-corrected chi connectivity index (χ3v) is 9.52. The van der Waals surface area contributed by atoms with Crippen LogP contribution in [-0.2, 0) is 9.53 Å². The van der Waals surface area contributed by atoms with Crippen molar-refractivity contribution in [2.45, 2.75) is 83.5 Å². The number of fused-ring (bicyclic) bond motifs is 2. The number of hydrogen-bond acceptors (Lipinski definition) is 5. The van der Waals surface area contributed by atoms with Gasteiger partial charge >= 0.3 is 5.97 Å². The third kappa shape index (κ3) is 3.45. The number of ether oxygens (including phenoxy) is 1. The van der Waals surface area contributed by atoms with Crippen LogP contribution in [0.3, 0.4) is 0 Å². The number of hydrogen-bond donors (Lipinski definition) is 1. The smallest absolute Gasteiger partial charge is 0.311 e. The molecule has 4 fully saturated rings. The summed E-state index contributed by atoms with van der Waals surface area (Å²) in [6, 6.07) is 0.778. The van der Waals surface area contributed by atoms with Crippen LogP contribution >= 0.6 is 0 Å². The monoisotopic (exact) mass is 416 g/mol. The first kappa shape index (κ1) is 21.0. The fraction of sp³-hybridized carbons (Fsp3) is 0.880. The predicted molar refractivity (Wildman–Crippen MR) is 117 cm³/mol. The molecule has 168 valence electrons. The van der Waals surface area contributed by atoms with Crippen molar-refractivity contribution in [2.24, 2.45) is 23.2 Å². The molecule has 30 heavy (non-hydrogen) atoms. The van der Waals surface area contributed by atoms with Gasteiger partial charge in [-0.15, -0.1) is 0 Å². The summed E-state index contributed by atoms with van der Waals surface area (Å²) in [6.07, 6.45) is 11.6. The maximum atomic E-state index is 12.9. The Balaban J connectivity index is 1.25. The van der Waals surface area contributed by atoms with Gasteiger partial charge in [0.05, 0.1) is 12.0 Å². The molecule has 0 unspecified atom stereocenters. The number of piperazine rings is 1. The molecular formula is C25H40N2O3. The molecular weight excluding hydrogens is 376 g/mol. The summed E-state index contributed by atoms with van der Waals surface area (Å²) in [5.74, 6) is 0.133. The van der Waals surface area contributed by atoms with E-state index in [4.69, 9.17) is 4.74 Å². The summed E-state index contributed by atoms with van der Waals surface area (Å²) in [4.78, 5) is 18.0. The van der Waals surface area contributed by atoms with Crippen LogP contribution in [0.4, 0.5) is 0 Å². The molecule has 0 aromatic carbocycles. The van der Waals surface area contributed by atoms with Crippen LogP contribution in [0, 0.1) is 23.2 Å². The van der Waals surface area contributed by atoms with Crippen LogP contribution in [0.15, 0.2) is 11.6 Å². The van der Waals surface area contributed by atoms with Crippen molar-refractivity contribution in [3.8, 4) is 0 Å². The fourth-order valence-corrected chi connectivity index (χ4v) is 7.31. The highest BCUT2D eigenvalue weighted by Gasteiger charge is 2.59. The molecule has 0 aromatic heterocycles. The Hall–Kier alpha value is -0.910. The lowest BCUT2D eigenvalue weighted by Crippen LogP contribution is -2.56. The zero-order valence-corrected chi connectivity index (χ0v) is 18.9. The van der Waals surface area contributed by atoms with Gasteiger partial charge in [0.2, 0.25) is 0 Å². The molecule has 6 atom stereocenters. The van der Waals surface area contributed by atoms with Crippen molar-refractivity contribution < 1.29 is 14.6 Å². The van der Waals surface area contributed by atoms with Crippen LogP contribution in [0.25, 0.3) is 0 Å². The molecule has 5 nitrogen and oxygen atoms in total. The minimum absolute atomic E-state index is 0.0587. The average molecular weight is 417 g/mol. The summed E-state index contributed by atoms with van der Waals surface area (Å²) in [5, 5.41) is 11.5. The quantitative estimate of drug-likeness (QED) is 0.566. The van der Waals surface area contributed by atoms with Crippen molar-refractivity contribution in [1.29, 1.82) is 0 Å². The van der Waals surface area contributed by atoms with Gasteiger partial charge in [-0.3, -0.25) is 14.6 Å². The van der Waals surface area contributed by atoms with Crippen LogP contribution in [0.5, 0.6) is 0 Å². The van der Waals surface area contributed by atoms with Gasteiger partial charge in [0.25, 0.3) is 0 Å². The first-order chi connectivity index (χ1) is 14.5. The predicted octanol–water partition coefficient (Wildman–Crippen LogP) is 3.22. The molecule has 5 rings (SSSR count). The number of nitrogens with zero attached hydrogens (tertiary/aromatic N) is 2. The first-order valence-electron chi connectivity index (χ1n) is 12.5. The van der Waals surface area contributed by atoms with E-state index in [0.717, 1.165) is 58.0 Å².